The summed E-state index contributed by atoms with van der Waals surface area (Å²) in [5.74, 6) is 2.01. The Morgan fingerprint density at radius 1 is 0.750 bits per heavy atom. The molecule has 0 aromatic carbocycles. The molecule has 0 aliphatic carbocycles. The Labute approximate surface area is 262 Å². The first-order valence-corrected chi connectivity index (χ1v) is 17.7. The van der Waals surface area contributed by atoms with E-state index in [1.54, 1.807) is 6.19 Å². The quantitative estimate of drug-likeness (QED) is 0.168. The van der Waals surface area contributed by atoms with Gasteiger partial charge in [0.15, 0.2) is 0 Å². The zero-order valence-corrected chi connectivity index (χ0v) is 32.2. The molecule has 0 fully saturated rings. The third-order valence-electron chi connectivity index (χ3n) is 6.70. The fourth-order valence-electron chi connectivity index (χ4n) is 5.29. The summed E-state index contributed by atoms with van der Waals surface area (Å²) in [6.45, 7) is 40.6. The van der Waals surface area contributed by atoms with Crippen LogP contribution < -0.4 is 0 Å². The zero-order chi connectivity index (χ0) is 31.3. The van der Waals surface area contributed by atoms with Crippen molar-refractivity contribution >= 4 is 27.8 Å². The summed E-state index contributed by atoms with van der Waals surface area (Å²) in [5.41, 5.74) is 1.05. The van der Waals surface area contributed by atoms with Crippen LogP contribution in [0.1, 0.15) is 144 Å². The summed E-state index contributed by atoms with van der Waals surface area (Å²) in [7, 11) is -2.15. The number of hydrogen-bond donors (Lipinski definition) is 0. The Hall–Kier alpha value is -0.476. The van der Waals surface area contributed by atoms with Gasteiger partial charge in [-0.25, -0.2) is 9.53 Å². The monoisotopic (exact) mass is 637 g/mol. The van der Waals surface area contributed by atoms with E-state index in [1.807, 2.05) is 20.8 Å². The van der Waals surface area contributed by atoms with Gasteiger partial charge in [0.05, 0.1) is 36.8 Å². The van der Waals surface area contributed by atoms with E-state index in [2.05, 4.69) is 115 Å². The van der Waals surface area contributed by atoms with Crippen molar-refractivity contribution in [1.82, 2.24) is 0 Å². The van der Waals surface area contributed by atoms with E-state index >= 15 is 0 Å². The Morgan fingerprint density at radius 2 is 1.12 bits per heavy atom. The minimum Gasteiger partial charge on any atom is -0.494 e. The number of nitrogens with zero attached hydrogens (tertiary/aromatic N) is 5. The molecule has 0 unspecified atom stereocenters. The van der Waals surface area contributed by atoms with Crippen LogP contribution in [-0.4, -0.2) is 37.8 Å². The molecule has 8 heteroatoms. The molecule has 0 bridgehead atoms. The van der Waals surface area contributed by atoms with Crippen molar-refractivity contribution in [3.63, 3.8) is 0 Å². The topological polar surface area (TPSA) is 76.7 Å². The largest absolute Gasteiger partial charge is 2.00 e. The van der Waals surface area contributed by atoms with Crippen molar-refractivity contribution in [3.8, 4) is 6.19 Å². The van der Waals surface area contributed by atoms with Crippen LogP contribution >= 0.6 is 16.1 Å². The molecule has 40 heavy (non-hydrogen) atoms. The Morgan fingerprint density at radius 3 is 1.38 bits per heavy atom. The van der Waals surface area contributed by atoms with E-state index in [0.29, 0.717) is 0 Å². The summed E-state index contributed by atoms with van der Waals surface area (Å²) in [6.07, 6.45) is 7.26. The normalized spacial score (nSPS) is 18.4. The van der Waals surface area contributed by atoms with E-state index < -0.39 is 16.1 Å². The van der Waals surface area contributed by atoms with Gasteiger partial charge in [-0.2, -0.15) is 0 Å². The van der Waals surface area contributed by atoms with Gasteiger partial charge in [0.25, 0.3) is 0 Å². The molecule has 0 aromatic heterocycles. The van der Waals surface area contributed by atoms with Crippen LogP contribution in [0.15, 0.2) is 21.2 Å². The smallest absolute Gasteiger partial charge is 0.494 e. The summed E-state index contributed by atoms with van der Waals surface area (Å²) in [4.78, 5) is 0. The number of amidine groups is 2. The van der Waals surface area contributed by atoms with Crippen LogP contribution in [0, 0.1) is 16.9 Å². The first-order valence-electron chi connectivity index (χ1n) is 14.8. The van der Waals surface area contributed by atoms with Crippen LogP contribution in [0.5, 0.6) is 0 Å². The number of nitriles is 1. The number of hydrogen-bond acceptors (Lipinski definition) is 3. The van der Waals surface area contributed by atoms with Gasteiger partial charge in [-0.15, -0.1) is 0 Å². The average Bonchev–Trinajstić information content (AvgIpc) is 2.72. The van der Waals surface area contributed by atoms with Gasteiger partial charge in [0.2, 0.25) is 0 Å². The molecule has 5 nitrogen and oxygen atoms in total. The maximum Gasteiger partial charge on any atom is 2.00 e. The predicted octanol–water partition coefficient (Wildman–Crippen LogP) is 11.4. The van der Waals surface area contributed by atoms with Gasteiger partial charge < -0.3 is 15.9 Å². The summed E-state index contributed by atoms with van der Waals surface area (Å²) in [5, 5.41) is 17.5. The van der Waals surface area contributed by atoms with Gasteiger partial charge in [-0.3, -0.25) is 0 Å². The van der Waals surface area contributed by atoms with E-state index in [0.717, 1.165) is 30.9 Å². The SMILES string of the molecule is CC(C)(C)[N-]C#N.CCC1=CC(CC)(CC)/C(=N/[PH+](C(C)(C)C)C(C)(C)C)[N-]/C1=N\[PH+](C(C)(C)C)C(C)(C)C.[Ni+2]. The zero-order valence-electron chi connectivity index (χ0n) is 29.3. The van der Waals surface area contributed by atoms with Crippen molar-refractivity contribution in [2.75, 3.05) is 0 Å². The van der Waals surface area contributed by atoms with Gasteiger partial charge in [-0.1, -0.05) is 53.8 Å². The molecule has 0 saturated carbocycles. The maximum atomic E-state index is 7.99. The Balaban J connectivity index is 0. The molecule has 1 aliphatic rings. The Bertz CT molecular complexity index is 895. The molecule has 0 N–H and O–H groups in total. The van der Waals surface area contributed by atoms with Crippen LogP contribution in [0.25, 0.3) is 10.6 Å². The second kappa shape index (κ2) is 15.3. The molecule has 0 radical (unpaired) electrons. The average molecular weight is 639 g/mol. The van der Waals surface area contributed by atoms with Gasteiger partial charge in [-0.05, 0) is 113 Å². The molecule has 0 saturated heterocycles. The predicted molar refractivity (Wildman–Crippen MR) is 184 cm³/mol. The third-order valence-corrected chi connectivity index (χ3v) is 13.3. The minimum atomic E-state index is -1.08. The molecule has 0 atom stereocenters. The van der Waals surface area contributed by atoms with Crippen LogP contribution in [0.3, 0.4) is 0 Å². The van der Waals surface area contributed by atoms with Crippen LogP contribution in [0.4, 0.5) is 0 Å². The molecular weight excluding hydrogens is 575 g/mol. The molecule has 1 heterocycles. The molecule has 1 rings (SSSR count). The molecular formula is C32H63N5NiP2+2. The summed E-state index contributed by atoms with van der Waals surface area (Å²) in [6, 6.07) is 0. The second-order valence-electron chi connectivity index (χ2n) is 15.9. The Kier molecular flexibility index (Phi) is 15.9. The molecule has 0 aromatic rings. The molecule has 234 valence electrons. The van der Waals surface area contributed by atoms with Crippen molar-refractivity contribution in [1.29, 1.82) is 5.26 Å². The van der Waals surface area contributed by atoms with E-state index in [-0.39, 0.29) is 48.1 Å². The molecule has 1 aliphatic heterocycles. The van der Waals surface area contributed by atoms with Crippen LogP contribution in [-0.2, 0) is 16.5 Å². The fraction of sp³-hybridized carbons (Fsp3) is 0.844. The third kappa shape index (κ3) is 12.8. The van der Waals surface area contributed by atoms with Gasteiger partial charge in [0, 0.05) is 17.1 Å². The number of rotatable bonds is 5. The van der Waals surface area contributed by atoms with Crippen molar-refractivity contribution in [2.24, 2.45) is 14.9 Å². The summed E-state index contributed by atoms with van der Waals surface area (Å²) < 4.78 is 11.0. The van der Waals surface area contributed by atoms with Gasteiger partial charge in [0.1, 0.15) is 0 Å². The van der Waals surface area contributed by atoms with E-state index in [9.17, 15) is 0 Å². The van der Waals surface area contributed by atoms with Crippen molar-refractivity contribution in [2.45, 2.75) is 170 Å². The summed E-state index contributed by atoms with van der Waals surface area (Å²) >= 11 is 0. The molecule has 0 spiro atoms. The fourth-order valence-corrected chi connectivity index (χ4v) is 12.0. The van der Waals surface area contributed by atoms with Crippen molar-refractivity contribution in [3.05, 3.63) is 22.3 Å². The molecule has 0 amide bonds. The first kappa shape index (κ1) is 41.7. The maximum absolute atomic E-state index is 7.99. The van der Waals surface area contributed by atoms with E-state index in [1.165, 1.54) is 5.57 Å². The second-order valence-corrected chi connectivity index (χ2v) is 23.8. The minimum absolute atomic E-state index is 0. The van der Waals surface area contributed by atoms with Gasteiger partial charge >= 0.3 is 16.5 Å². The first-order chi connectivity index (χ1) is 17.3. The standard InChI is InChI=1S/C27H52N3P2.C5H9N2.Ni/c1-16-20-19-27(17-2,18-3)22(30-32(25(10,11)12)26(13,14)15)28-21(20)29-31(23(4,5)6)24(7,8)9;1-5(2,3)7-4-6;/h19H,16-18H2,1-15H3;1-3H3;/q2*-1;+2/p+2. The van der Waals surface area contributed by atoms with Crippen LogP contribution in [0.2, 0.25) is 0 Å². The van der Waals surface area contributed by atoms with Crippen molar-refractivity contribution < 1.29 is 16.5 Å². The van der Waals surface area contributed by atoms with E-state index in [4.69, 9.17) is 20.1 Å².